The summed E-state index contributed by atoms with van der Waals surface area (Å²) in [5.74, 6) is 0. The minimum atomic E-state index is -1.07. The molecule has 0 saturated carbocycles. The zero-order chi connectivity index (χ0) is 5.28. The smallest absolute Gasteiger partial charge is 0.232 e. The average Bonchev–Trinajstić information content (AvgIpc) is 1.87. The summed E-state index contributed by atoms with van der Waals surface area (Å²) in [5, 5.41) is 4.40. The summed E-state index contributed by atoms with van der Waals surface area (Å²) < 4.78 is 22.9. The summed E-state index contributed by atoms with van der Waals surface area (Å²) in [5.41, 5.74) is 0. The van der Waals surface area contributed by atoms with E-state index in [1.165, 1.54) is 0 Å². The Bertz CT molecular complexity index is 143. The molecule has 0 spiro atoms. The molecule has 0 bridgehead atoms. The van der Waals surface area contributed by atoms with Crippen LogP contribution in [0.4, 0.5) is 8.78 Å². The van der Waals surface area contributed by atoms with Gasteiger partial charge in [0.25, 0.3) is 0 Å². The molecule has 0 unspecified atom stereocenters. The summed E-state index contributed by atoms with van der Waals surface area (Å²) in [4.78, 5) is 2.61. The van der Waals surface area contributed by atoms with Gasteiger partial charge in [-0.25, -0.2) is 5.10 Å². The van der Waals surface area contributed by atoms with Crippen LogP contribution in [0.25, 0.3) is 0 Å². The molecule has 1 rings (SSSR count). The third kappa shape index (κ3) is 0.703. The van der Waals surface area contributed by atoms with E-state index in [1.807, 2.05) is 0 Å². The lowest BCUT2D eigenvalue weighted by Crippen LogP contribution is -1.72. The van der Waals surface area contributed by atoms with E-state index in [0.717, 1.165) is 0 Å². The summed E-state index contributed by atoms with van der Waals surface area (Å²) >= 11 is 0. The fourth-order valence-corrected chi connectivity index (χ4v) is 0.223. The molecule has 0 radical (unpaired) electrons. The quantitative estimate of drug-likeness (QED) is 0.507. The molecule has 1 aromatic heterocycles. The molecule has 0 atom stereocenters. The highest BCUT2D eigenvalue weighted by Crippen LogP contribution is 1.83. The second kappa shape index (κ2) is 1.25. The summed E-state index contributed by atoms with van der Waals surface area (Å²) in [6.07, 6.45) is -2.07. The molecule has 0 amide bonds. The van der Waals surface area contributed by atoms with Crippen LogP contribution in [0.15, 0.2) is 0 Å². The van der Waals surface area contributed by atoms with Gasteiger partial charge >= 0.3 is 12.2 Å². The van der Waals surface area contributed by atoms with Gasteiger partial charge in [0.05, 0.1) is 0 Å². The van der Waals surface area contributed by atoms with Crippen LogP contribution in [0.5, 0.6) is 0 Å². The minimum absolute atomic E-state index is 1.00. The number of H-pyrrole nitrogens is 1. The molecule has 0 aliphatic carbocycles. The number of aromatic nitrogens is 3. The molecule has 0 saturated heterocycles. The monoisotopic (exact) mass is 105 g/mol. The molecular formula is C2HF2N3. The lowest BCUT2D eigenvalue weighted by molar-refractivity contribution is 0.516. The lowest BCUT2D eigenvalue weighted by atomic mass is 11.2. The van der Waals surface area contributed by atoms with Crippen molar-refractivity contribution in [3.8, 4) is 0 Å². The summed E-state index contributed by atoms with van der Waals surface area (Å²) in [6.45, 7) is 0. The second-order valence-electron chi connectivity index (χ2n) is 0.895. The summed E-state index contributed by atoms with van der Waals surface area (Å²) in [6, 6.07) is 0. The number of aromatic amines is 1. The van der Waals surface area contributed by atoms with Crippen LogP contribution in [0, 0.1) is 12.2 Å². The molecule has 1 aromatic rings. The van der Waals surface area contributed by atoms with Crippen LogP contribution in [-0.2, 0) is 0 Å². The maximum atomic E-state index is 11.5. The van der Waals surface area contributed by atoms with Crippen LogP contribution >= 0.6 is 0 Å². The SMILES string of the molecule is Fc1n[nH]c(F)n1. The van der Waals surface area contributed by atoms with Gasteiger partial charge in [-0.3, -0.25) is 0 Å². The fourth-order valence-electron chi connectivity index (χ4n) is 0.223. The van der Waals surface area contributed by atoms with E-state index >= 15 is 0 Å². The van der Waals surface area contributed by atoms with Crippen molar-refractivity contribution >= 4 is 0 Å². The predicted molar refractivity (Wildman–Crippen MR) is 16.3 cm³/mol. The Labute approximate surface area is 37.4 Å². The maximum Gasteiger partial charge on any atom is 0.329 e. The highest BCUT2D eigenvalue weighted by atomic mass is 19.1. The first kappa shape index (κ1) is 4.17. The van der Waals surface area contributed by atoms with Crippen molar-refractivity contribution in [1.29, 1.82) is 0 Å². The first-order valence-corrected chi connectivity index (χ1v) is 1.52. The largest absolute Gasteiger partial charge is 0.329 e. The van der Waals surface area contributed by atoms with Crippen molar-refractivity contribution in [1.82, 2.24) is 15.2 Å². The lowest BCUT2D eigenvalue weighted by Gasteiger charge is -1.60. The predicted octanol–water partition coefficient (Wildman–Crippen LogP) is 0.0829. The fraction of sp³-hybridized carbons (Fsp3) is 0. The second-order valence-corrected chi connectivity index (χ2v) is 0.895. The van der Waals surface area contributed by atoms with E-state index in [2.05, 4.69) is 10.1 Å². The van der Waals surface area contributed by atoms with Crippen molar-refractivity contribution < 1.29 is 8.78 Å². The maximum absolute atomic E-state index is 11.5. The highest BCUT2D eigenvalue weighted by Gasteiger charge is 1.95. The van der Waals surface area contributed by atoms with E-state index in [9.17, 15) is 8.78 Å². The van der Waals surface area contributed by atoms with E-state index in [0.29, 0.717) is 0 Å². The van der Waals surface area contributed by atoms with Gasteiger partial charge in [0.15, 0.2) is 0 Å². The van der Waals surface area contributed by atoms with Crippen molar-refractivity contribution in [3.63, 3.8) is 0 Å². The van der Waals surface area contributed by atoms with Crippen molar-refractivity contribution in [2.45, 2.75) is 0 Å². The first-order valence-electron chi connectivity index (χ1n) is 1.52. The van der Waals surface area contributed by atoms with Gasteiger partial charge in [-0.1, -0.05) is 0 Å². The van der Waals surface area contributed by atoms with Gasteiger partial charge in [0.1, 0.15) is 0 Å². The molecule has 5 heteroatoms. The van der Waals surface area contributed by atoms with Crippen molar-refractivity contribution in [2.24, 2.45) is 0 Å². The molecule has 7 heavy (non-hydrogen) atoms. The van der Waals surface area contributed by atoms with Gasteiger partial charge in [0.2, 0.25) is 0 Å². The van der Waals surface area contributed by atoms with Crippen molar-refractivity contribution in [2.75, 3.05) is 0 Å². The molecule has 1 N–H and O–H groups in total. The Morgan fingerprint density at radius 3 is 2.29 bits per heavy atom. The Kier molecular flexibility index (Phi) is 0.744. The van der Waals surface area contributed by atoms with E-state index in [4.69, 9.17) is 0 Å². The molecule has 38 valence electrons. The van der Waals surface area contributed by atoms with Crippen LogP contribution in [0.1, 0.15) is 0 Å². The zero-order valence-corrected chi connectivity index (χ0v) is 3.15. The first-order chi connectivity index (χ1) is 3.29. The number of hydrogen-bond acceptors (Lipinski definition) is 2. The molecule has 0 fully saturated rings. The molecular weight excluding hydrogens is 104 g/mol. The Hall–Kier alpha value is -1.00. The molecule has 0 aromatic carbocycles. The van der Waals surface area contributed by atoms with Crippen LogP contribution in [0.3, 0.4) is 0 Å². The van der Waals surface area contributed by atoms with E-state index in [-0.39, 0.29) is 0 Å². The van der Waals surface area contributed by atoms with Crippen LogP contribution < -0.4 is 0 Å². The van der Waals surface area contributed by atoms with Gasteiger partial charge in [-0.15, -0.1) is 5.10 Å². The van der Waals surface area contributed by atoms with Crippen LogP contribution in [0.2, 0.25) is 0 Å². The highest BCUT2D eigenvalue weighted by molar-refractivity contribution is 4.55. The Morgan fingerprint density at radius 1 is 1.43 bits per heavy atom. The average molecular weight is 105 g/mol. The van der Waals surface area contributed by atoms with Crippen molar-refractivity contribution in [3.05, 3.63) is 12.2 Å². The third-order valence-corrected chi connectivity index (χ3v) is 0.431. The number of nitrogens with zero attached hydrogens (tertiary/aromatic N) is 2. The number of hydrogen-bond donors (Lipinski definition) is 1. The Morgan fingerprint density at radius 2 is 2.14 bits per heavy atom. The Balaban J connectivity index is 3.04. The van der Waals surface area contributed by atoms with Gasteiger partial charge in [-0.05, 0) is 0 Å². The standard InChI is InChI=1S/C2HF2N3/c3-1-5-2(4)7-6-1/h(H,5,6,7). The van der Waals surface area contributed by atoms with Gasteiger partial charge in [0, 0.05) is 0 Å². The summed E-state index contributed by atoms with van der Waals surface area (Å²) in [7, 11) is 0. The number of nitrogens with one attached hydrogen (secondary N) is 1. The zero-order valence-electron chi connectivity index (χ0n) is 3.15. The number of rotatable bonds is 0. The van der Waals surface area contributed by atoms with E-state index in [1.54, 1.807) is 5.10 Å². The van der Waals surface area contributed by atoms with Crippen LogP contribution in [-0.4, -0.2) is 15.2 Å². The molecule has 1 heterocycles. The molecule has 0 aliphatic rings. The minimum Gasteiger partial charge on any atom is -0.232 e. The van der Waals surface area contributed by atoms with Gasteiger partial charge in [-0.2, -0.15) is 13.8 Å². The van der Waals surface area contributed by atoms with Gasteiger partial charge < -0.3 is 0 Å². The normalized spacial score (nSPS) is 9.43. The van der Waals surface area contributed by atoms with E-state index < -0.39 is 12.2 Å². The number of halogens is 2. The molecule has 0 aliphatic heterocycles. The molecule has 3 nitrogen and oxygen atoms in total. The third-order valence-electron chi connectivity index (χ3n) is 0.431. The topological polar surface area (TPSA) is 41.6 Å².